The normalized spacial score (nSPS) is 15.0. The van der Waals surface area contributed by atoms with E-state index in [0.29, 0.717) is 18.0 Å². The Labute approximate surface area is 180 Å². The SMILES string of the molecule is Cc1ccn2c(CN3CCN(C(=O)CN(C)C(=O)c4cccs4)CC3)c(C)nc2c1. The minimum atomic E-state index is -0.102. The maximum atomic E-state index is 12.7. The standard InChI is InChI=1S/C22H27N5O2S/c1-16-6-7-27-18(17(2)23-20(27)13-16)14-25-8-10-26(11-9-25)21(28)15-24(3)22(29)19-5-4-12-30-19/h4-7,12-13H,8-11,14-15H2,1-3H3. The average molecular weight is 426 g/mol. The molecule has 0 atom stereocenters. The molecule has 0 N–H and O–H groups in total. The Morgan fingerprint density at radius 3 is 2.63 bits per heavy atom. The molecule has 0 radical (unpaired) electrons. The van der Waals surface area contributed by atoms with Crippen molar-refractivity contribution in [3.8, 4) is 0 Å². The van der Waals surface area contributed by atoms with Gasteiger partial charge in [0.05, 0.1) is 22.8 Å². The van der Waals surface area contributed by atoms with E-state index in [0.717, 1.165) is 31.0 Å². The van der Waals surface area contributed by atoms with Crippen molar-refractivity contribution in [3.63, 3.8) is 0 Å². The van der Waals surface area contributed by atoms with Crippen LogP contribution < -0.4 is 0 Å². The smallest absolute Gasteiger partial charge is 0.264 e. The topological polar surface area (TPSA) is 61.2 Å². The number of imidazole rings is 1. The quantitative estimate of drug-likeness (QED) is 0.630. The highest BCUT2D eigenvalue weighted by atomic mass is 32.1. The summed E-state index contributed by atoms with van der Waals surface area (Å²) in [5, 5.41) is 1.87. The first-order valence-corrected chi connectivity index (χ1v) is 11.0. The van der Waals surface area contributed by atoms with Crippen LogP contribution in [-0.4, -0.2) is 75.7 Å². The molecule has 8 heteroatoms. The highest BCUT2D eigenvalue weighted by molar-refractivity contribution is 7.12. The van der Waals surface area contributed by atoms with Crippen LogP contribution in [0.5, 0.6) is 0 Å². The molecule has 1 aliphatic rings. The van der Waals surface area contributed by atoms with Gasteiger partial charge in [-0.05, 0) is 43.0 Å². The molecule has 1 aliphatic heterocycles. The van der Waals surface area contributed by atoms with Crippen LogP contribution in [0.4, 0.5) is 0 Å². The summed E-state index contributed by atoms with van der Waals surface area (Å²) < 4.78 is 2.16. The average Bonchev–Trinajstić information content (AvgIpc) is 3.36. The fourth-order valence-electron chi connectivity index (χ4n) is 3.84. The maximum Gasteiger partial charge on any atom is 0.264 e. The second-order valence-electron chi connectivity index (χ2n) is 7.87. The van der Waals surface area contributed by atoms with Gasteiger partial charge in [0.2, 0.25) is 5.91 Å². The highest BCUT2D eigenvalue weighted by Crippen LogP contribution is 2.17. The predicted octanol–water partition coefficient (Wildman–Crippen LogP) is 2.43. The molecule has 4 rings (SSSR count). The van der Waals surface area contributed by atoms with Gasteiger partial charge < -0.3 is 14.2 Å². The lowest BCUT2D eigenvalue weighted by Crippen LogP contribution is -2.51. The zero-order chi connectivity index (χ0) is 21.3. The zero-order valence-corrected chi connectivity index (χ0v) is 18.5. The minimum Gasteiger partial charge on any atom is -0.339 e. The molecule has 3 aromatic heterocycles. The molecule has 2 amide bonds. The number of aromatic nitrogens is 2. The van der Waals surface area contributed by atoms with E-state index in [-0.39, 0.29) is 18.4 Å². The second kappa shape index (κ2) is 8.57. The van der Waals surface area contributed by atoms with Crippen molar-refractivity contribution in [2.24, 2.45) is 0 Å². The monoisotopic (exact) mass is 425 g/mol. The van der Waals surface area contributed by atoms with Crippen LogP contribution in [0.15, 0.2) is 35.8 Å². The van der Waals surface area contributed by atoms with Gasteiger partial charge in [-0.25, -0.2) is 4.98 Å². The number of hydrogen-bond acceptors (Lipinski definition) is 5. The number of piperazine rings is 1. The molecular formula is C22H27N5O2S. The van der Waals surface area contributed by atoms with Crippen LogP contribution in [0, 0.1) is 13.8 Å². The zero-order valence-electron chi connectivity index (χ0n) is 17.7. The Balaban J connectivity index is 1.32. The molecule has 1 saturated heterocycles. The number of amides is 2. The van der Waals surface area contributed by atoms with Crippen molar-refractivity contribution >= 4 is 28.8 Å². The highest BCUT2D eigenvalue weighted by Gasteiger charge is 2.25. The van der Waals surface area contributed by atoms with E-state index in [9.17, 15) is 9.59 Å². The van der Waals surface area contributed by atoms with Crippen LogP contribution >= 0.6 is 11.3 Å². The number of aryl methyl sites for hydroxylation is 2. The summed E-state index contributed by atoms with van der Waals surface area (Å²) in [6.45, 7) is 8.03. The van der Waals surface area contributed by atoms with Crippen molar-refractivity contribution in [1.82, 2.24) is 24.1 Å². The lowest BCUT2D eigenvalue weighted by molar-refractivity contribution is -0.133. The Kier molecular flexibility index (Phi) is 5.87. The van der Waals surface area contributed by atoms with E-state index in [2.05, 4.69) is 46.5 Å². The van der Waals surface area contributed by atoms with Gasteiger partial charge in [-0.2, -0.15) is 0 Å². The van der Waals surface area contributed by atoms with E-state index in [1.165, 1.54) is 27.5 Å². The molecular weight excluding hydrogens is 398 g/mol. The van der Waals surface area contributed by atoms with Crippen LogP contribution in [0.2, 0.25) is 0 Å². The first-order valence-electron chi connectivity index (χ1n) is 10.2. The molecule has 0 bridgehead atoms. The molecule has 0 spiro atoms. The van der Waals surface area contributed by atoms with Gasteiger partial charge in [-0.1, -0.05) is 6.07 Å². The van der Waals surface area contributed by atoms with Crippen molar-refractivity contribution in [2.45, 2.75) is 20.4 Å². The molecule has 158 valence electrons. The van der Waals surface area contributed by atoms with Crippen LogP contribution in [0.25, 0.3) is 5.65 Å². The first kappa shape index (κ1) is 20.6. The van der Waals surface area contributed by atoms with Gasteiger partial charge in [0, 0.05) is 46.0 Å². The molecule has 1 fully saturated rings. The summed E-state index contributed by atoms with van der Waals surface area (Å²) in [5.74, 6) is -0.0983. The van der Waals surface area contributed by atoms with Crippen LogP contribution in [-0.2, 0) is 11.3 Å². The molecule has 0 aliphatic carbocycles. The van der Waals surface area contributed by atoms with Gasteiger partial charge in [0.15, 0.2) is 0 Å². The number of carbonyl (C=O) groups is 2. The van der Waals surface area contributed by atoms with Crippen molar-refractivity contribution in [2.75, 3.05) is 39.8 Å². The number of nitrogens with zero attached hydrogens (tertiary/aromatic N) is 5. The summed E-state index contributed by atoms with van der Waals surface area (Å²) >= 11 is 1.40. The van der Waals surface area contributed by atoms with E-state index in [1.807, 2.05) is 16.3 Å². The van der Waals surface area contributed by atoms with Crippen molar-refractivity contribution in [1.29, 1.82) is 0 Å². The number of likely N-dealkylation sites (N-methyl/N-ethyl adjacent to an activating group) is 1. The molecule has 7 nitrogen and oxygen atoms in total. The fraction of sp³-hybridized carbons (Fsp3) is 0.409. The summed E-state index contributed by atoms with van der Waals surface area (Å²) in [6.07, 6.45) is 2.08. The number of fused-ring (bicyclic) bond motifs is 1. The first-order chi connectivity index (χ1) is 14.4. The Morgan fingerprint density at radius 2 is 1.93 bits per heavy atom. The number of pyridine rings is 1. The van der Waals surface area contributed by atoms with Crippen LogP contribution in [0.3, 0.4) is 0 Å². The number of hydrogen-bond donors (Lipinski definition) is 0. The predicted molar refractivity (Wildman–Crippen MR) is 118 cm³/mol. The number of rotatable bonds is 5. The largest absolute Gasteiger partial charge is 0.339 e. The maximum absolute atomic E-state index is 12.7. The lowest BCUT2D eigenvalue weighted by Gasteiger charge is -2.35. The van der Waals surface area contributed by atoms with E-state index >= 15 is 0 Å². The third-order valence-electron chi connectivity index (χ3n) is 5.63. The van der Waals surface area contributed by atoms with E-state index in [1.54, 1.807) is 13.1 Å². The summed E-state index contributed by atoms with van der Waals surface area (Å²) in [4.78, 5) is 36.1. The second-order valence-corrected chi connectivity index (χ2v) is 8.82. The van der Waals surface area contributed by atoms with Gasteiger partial charge in [0.1, 0.15) is 5.65 Å². The van der Waals surface area contributed by atoms with Crippen molar-refractivity contribution < 1.29 is 9.59 Å². The molecule has 30 heavy (non-hydrogen) atoms. The third kappa shape index (κ3) is 4.24. The summed E-state index contributed by atoms with van der Waals surface area (Å²) in [5.41, 5.74) is 4.43. The van der Waals surface area contributed by atoms with Gasteiger partial charge in [-0.15, -0.1) is 11.3 Å². The van der Waals surface area contributed by atoms with Crippen LogP contribution in [0.1, 0.15) is 26.6 Å². The summed E-state index contributed by atoms with van der Waals surface area (Å²) in [6, 6.07) is 7.83. The molecule has 4 heterocycles. The van der Waals surface area contributed by atoms with Gasteiger partial charge in [0.25, 0.3) is 5.91 Å². The lowest BCUT2D eigenvalue weighted by atomic mass is 10.2. The Morgan fingerprint density at radius 1 is 1.17 bits per heavy atom. The fourth-order valence-corrected chi connectivity index (χ4v) is 4.55. The number of carbonyl (C=O) groups excluding carboxylic acids is 2. The molecule has 0 saturated carbocycles. The van der Waals surface area contributed by atoms with Gasteiger partial charge >= 0.3 is 0 Å². The van der Waals surface area contributed by atoms with Crippen molar-refractivity contribution in [3.05, 3.63) is 57.7 Å². The molecule has 0 aromatic carbocycles. The Hall–Kier alpha value is -2.71. The Bertz CT molecular complexity index is 1050. The number of thiophene rings is 1. The minimum absolute atomic E-state index is 0.00325. The van der Waals surface area contributed by atoms with Gasteiger partial charge in [-0.3, -0.25) is 14.5 Å². The molecule has 0 unspecified atom stereocenters. The third-order valence-corrected chi connectivity index (χ3v) is 6.49. The molecule has 3 aromatic rings. The van der Waals surface area contributed by atoms with E-state index in [4.69, 9.17) is 0 Å². The van der Waals surface area contributed by atoms with E-state index < -0.39 is 0 Å². The summed E-state index contributed by atoms with van der Waals surface area (Å²) in [7, 11) is 1.69.